The fraction of sp³-hybridized carbons (Fsp3) is 0.467. The first-order valence-corrected chi connectivity index (χ1v) is 6.81. The zero-order chi connectivity index (χ0) is 15.4. The maximum Gasteiger partial charge on any atom is 0.387 e. The standard InChI is InChI=1S/C15H17F2NO3/c1-18(10-6-8-11(19)9-7-10)14(20)12-4-2-3-5-13(12)21-15(16)17/h2-5,10,15H,6-9H2,1H3. The molecule has 1 saturated carbocycles. The summed E-state index contributed by atoms with van der Waals surface area (Å²) >= 11 is 0. The first-order valence-electron chi connectivity index (χ1n) is 6.81. The molecule has 21 heavy (non-hydrogen) atoms. The highest BCUT2D eigenvalue weighted by molar-refractivity contribution is 5.97. The Morgan fingerprint density at radius 1 is 1.29 bits per heavy atom. The lowest BCUT2D eigenvalue weighted by Gasteiger charge is -2.31. The van der Waals surface area contributed by atoms with E-state index in [9.17, 15) is 18.4 Å². The molecule has 0 aliphatic heterocycles. The average Bonchev–Trinajstić information content (AvgIpc) is 2.46. The number of amides is 1. The van der Waals surface area contributed by atoms with Gasteiger partial charge in [0.25, 0.3) is 5.91 Å². The molecule has 0 spiro atoms. The van der Waals surface area contributed by atoms with E-state index in [1.165, 1.54) is 23.1 Å². The summed E-state index contributed by atoms with van der Waals surface area (Å²) in [4.78, 5) is 25.2. The number of Topliss-reactive ketones (excluding diaryl/α,β-unsaturated/α-hetero) is 1. The molecule has 1 aliphatic rings. The second-order valence-corrected chi connectivity index (χ2v) is 5.06. The summed E-state index contributed by atoms with van der Waals surface area (Å²) in [6, 6.07) is 5.90. The lowest BCUT2D eigenvalue weighted by molar-refractivity contribution is -0.121. The van der Waals surface area contributed by atoms with Crippen LogP contribution in [-0.2, 0) is 4.79 Å². The number of alkyl halides is 2. The van der Waals surface area contributed by atoms with E-state index >= 15 is 0 Å². The summed E-state index contributed by atoms with van der Waals surface area (Å²) in [5.74, 6) is -0.296. The van der Waals surface area contributed by atoms with Crippen LogP contribution >= 0.6 is 0 Å². The summed E-state index contributed by atoms with van der Waals surface area (Å²) < 4.78 is 29.1. The van der Waals surface area contributed by atoms with E-state index in [1.54, 1.807) is 13.1 Å². The van der Waals surface area contributed by atoms with E-state index in [4.69, 9.17) is 0 Å². The van der Waals surface area contributed by atoms with Gasteiger partial charge in [0.05, 0.1) is 5.56 Å². The second kappa shape index (κ2) is 6.65. The quantitative estimate of drug-likeness (QED) is 0.858. The maximum atomic E-state index is 12.4. The van der Waals surface area contributed by atoms with Gasteiger partial charge in [-0.25, -0.2) is 0 Å². The zero-order valence-electron chi connectivity index (χ0n) is 11.7. The minimum Gasteiger partial charge on any atom is -0.434 e. The normalized spacial score (nSPS) is 16.1. The molecule has 1 amide bonds. The number of hydrogen-bond donors (Lipinski definition) is 0. The molecule has 0 atom stereocenters. The van der Waals surface area contributed by atoms with Gasteiger partial charge in [0.15, 0.2) is 0 Å². The van der Waals surface area contributed by atoms with Gasteiger partial charge in [-0.15, -0.1) is 0 Å². The summed E-state index contributed by atoms with van der Waals surface area (Å²) in [7, 11) is 1.63. The van der Waals surface area contributed by atoms with Crippen LogP contribution in [0.3, 0.4) is 0 Å². The molecule has 0 unspecified atom stereocenters. The van der Waals surface area contributed by atoms with Crippen LogP contribution in [0.5, 0.6) is 5.75 Å². The van der Waals surface area contributed by atoms with E-state index in [2.05, 4.69) is 4.74 Å². The van der Waals surface area contributed by atoms with Crippen LogP contribution in [-0.4, -0.2) is 36.3 Å². The van der Waals surface area contributed by atoms with Crippen molar-refractivity contribution in [3.63, 3.8) is 0 Å². The SMILES string of the molecule is CN(C(=O)c1ccccc1OC(F)F)C1CCC(=O)CC1. The number of halogens is 2. The smallest absolute Gasteiger partial charge is 0.387 e. The summed E-state index contributed by atoms with van der Waals surface area (Å²) in [6.07, 6.45) is 2.13. The van der Waals surface area contributed by atoms with E-state index in [0.29, 0.717) is 25.7 Å². The fourth-order valence-electron chi connectivity index (χ4n) is 2.51. The molecule has 1 aromatic carbocycles. The number of nitrogens with zero attached hydrogens (tertiary/aromatic N) is 1. The molecule has 0 saturated heterocycles. The molecule has 1 aliphatic carbocycles. The molecule has 0 heterocycles. The van der Waals surface area contributed by atoms with Crippen molar-refractivity contribution in [3.05, 3.63) is 29.8 Å². The molecule has 0 radical (unpaired) electrons. The first-order chi connectivity index (χ1) is 9.99. The van der Waals surface area contributed by atoms with Gasteiger partial charge >= 0.3 is 6.61 Å². The van der Waals surface area contributed by atoms with Crippen molar-refractivity contribution in [2.45, 2.75) is 38.3 Å². The summed E-state index contributed by atoms with van der Waals surface area (Å²) in [6.45, 7) is -2.98. The lowest BCUT2D eigenvalue weighted by Crippen LogP contribution is -2.39. The molecule has 4 nitrogen and oxygen atoms in total. The van der Waals surface area contributed by atoms with Crippen molar-refractivity contribution < 1.29 is 23.1 Å². The van der Waals surface area contributed by atoms with Crippen LogP contribution in [0.4, 0.5) is 8.78 Å². The molecule has 6 heteroatoms. The minimum absolute atomic E-state index is 0.0465. The predicted molar refractivity (Wildman–Crippen MR) is 72.4 cm³/mol. The van der Waals surface area contributed by atoms with Crippen molar-refractivity contribution >= 4 is 11.7 Å². The van der Waals surface area contributed by atoms with Gasteiger partial charge in [-0.2, -0.15) is 8.78 Å². The Morgan fingerprint density at radius 2 is 1.90 bits per heavy atom. The third-order valence-electron chi connectivity index (χ3n) is 3.71. The van der Waals surface area contributed by atoms with Gasteiger partial charge in [-0.1, -0.05) is 12.1 Å². The third-order valence-corrected chi connectivity index (χ3v) is 3.71. The van der Waals surface area contributed by atoms with E-state index in [0.717, 1.165) is 0 Å². The van der Waals surface area contributed by atoms with Crippen molar-refractivity contribution in [2.24, 2.45) is 0 Å². The summed E-state index contributed by atoms with van der Waals surface area (Å²) in [5, 5.41) is 0. The van der Waals surface area contributed by atoms with Crippen LogP contribution in [0.15, 0.2) is 24.3 Å². The molecule has 2 rings (SSSR count). The Balaban J connectivity index is 2.13. The molecular formula is C15H17F2NO3. The molecular weight excluding hydrogens is 280 g/mol. The third kappa shape index (κ3) is 3.77. The van der Waals surface area contributed by atoms with Gasteiger partial charge in [0.1, 0.15) is 11.5 Å². The zero-order valence-corrected chi connectivity index (χ0v) is 11.7. The number of carbonyl (C=O) groups is 2. The van der Waals surface area contributed by atoms with Crippen molar-refractivity contribution in [1.82, 2.24) is 4.90 Å². The Morgan fingerprint density at radius 3 is 2.52 bits per heavy atom. The molecule has 114 valence electrons. The molecule has 0 N–H and O–H groups in total. The van der Waals surface area contributed by atoms with E-state index in [1.807, 2.05) is 0 Å². The Labute approximate surface area is 121 Å². The van der Waals surface area contributed by atoms with E-state index < -0.39 is 6.61 Å². The Hall–Kier alpha value is -1.98. The Kier molecular flexibility index (Phi) is 4.88. The van der Waals surface area contributed by atoms with Gasteiger partial charge in [-0.05, 0) is 25.0 Å². The van der Waals surface area contributed by atoms with Crippen molar-refractivity contribution in [2.75, 3.05) is 7.05 Å². The largest absolute Gasteiger partial charge is 0.434 e. The topological polar surface area (TPSA) is 46.6 Å². The average molecular weight is 297 g/mol. The van der Waals surface area contributed by atoms with Crippen LogP contribution < -0.4 is 4.74 Å². The molecule has 0 bridgehead atoms. The van der Waals surface area contributed by atoms with Crippen molar-refractivity contribution in [3.8, 4) is 5.75 Å². The van der Waals surface area contributed by atoms with Gasteiger partial charge in [0.2, 0.25) is 0 Å². The molecule has 1 fully saturated rings. The lowest BCUT2D eigenvalue weighted by atomic mass is 9.93. The molecule has 1 aromatic rings. The monoisotopic (exact) mass is 297 g/mol. The Bertz CT molecular complexity index is 523. The van der Waals surface area contributed by atoms with E-state index in [-0.39, 0.29) is 29.0 Å². The van der Waals surface area contributed by atoms with Crippen LogP contribution in [0.25, 0.3) is 0 Å². The van der Waals surface area contributed by atoms with Crippen molar-refractivity contribution in [1.29, 1.82) is 0 Å². The number of ether oxygens (including phenoxy) is 1. The number of benzene rings is 1. The van der Waals surface area contributed by atoms with Gasteiger partial charge in [-0.3, -0.25) is 9.59 Å². The van der Waals surface area contributed by atoms with Gasteiger partial charge < -0.3 is 9.64 Å². The number of para-hydroxylation sites is 1. The highest BCUT2D eigenvalue weighted by atomic mass is 19.3. The molecule has 0 aromatic heterocycles. The number of rotatable bonds is 4. The highest BCUT2D eigenvalue weighted by Gasteiger charge is 2.27. The predicted octanol–water partition coefficient (Wildman–Crippen LogP) is 2.87. The van der Waals surface area contributed by atoms with Crippen LogP contribution in [0, 0.1) is 0 Å². The minimum atomic E-state index is -2.98. The van der Waals surface area contributed by atoms with Crippen LogP contribution in [0.1, 0.15) is 36.0 Å². The maximum absolute atomic E-state index is 12.4. The number of carbonyl (C=O) groups excluding carboxylic acids is 2. The van der Waals surface area contributed by atoms with Crippen LogP contribution in [0.2, 0.25) is 0 Å². The number of ketones is 1. The first kappa shape index (κ1) is 15.4. The summed E-state index contributed by atoms with van der Waals surface area (Å²) in [5.41, 5.74) is 0.109. The fourth-order valence-corrected chi connectivity index (χ4v) is 2.51. The highest BCUT2D eigenvalue weighted by Crippen LogP contribution is 2.25. The number of hydrogen-bond acceptors (Lipinski definition) is 3. The van der Waals surface area contributed by atoms with Gasteiger partial charge in [0, 0.05) is 25.9 Å². The second-order valence-electron chi connectivity index (χ2n) is 5.06.